The van der Waals surface area contributed by atoms with Gasteiger partial charge < -0.3 is 20.4 Å². The summed E-state index contributed by atoms with van der Waals surface area (Å²) in [5.74, 6) is -0.0627. The fourth-order valence-corrected chi connectivity index (χ4v) is 6.87. The number of carbonyl (C=O) groups is 1. The average Bonchev–Trinajstić information content (AvgIpc) is 3.26. The number of hydrogen-bond donors (Lipinski definition) is 3. The number of fused-ring (bicyclic) bond motifs is 1. The predicted molar refractivity (Wildman–Crippen MR) is 108 cm³/mol. The third-order valence-electron chi connectivity index (χ3n) is 5.46. The van der Waals surface area contributed by atoms with Crippen LogP contribution in [0.15, 0.2) is 6.07 Å². The number of aromatic amines is 1. The summed E-state index contributed by atoms with van der Waals surface area (Å²) in [6.07, 6.45) is 8.33. The molecule has 3 N–H and O–H groups in total. The third kappa shape index (κ3) is 4.13. The van der Waals surface area contributed by atoms with Crippen LogP contribution in [0.4, 0.5) is 0 Å². The first kappa shape index (κ1) is 18.0. The fraction of sp³-hybridized carbons (Fsp3) is 0.667. The molecule has 142 valence electrons. The summed E-state index contributed by atoms with van der Waals surface area (Å²) in [5.41, 5.74) is 1.32. The van der Waals surface area contributed by atoms with E-state index in [1.54, 1.807) is 0 Å². The molecule has 6 nitrogen and oxygen atoms in total. The molecule has 1 saturated carbocycles. The first-order chi connectivity index (χ1) is 12.5. The van der Waals surface area contributed by atoms with Gasteiger partial charge in [0.1, 0.15) is 11.8 Å². The number of thiazole rings is 1. The number of H-pyrrole nitrogens is 1. The molecule has 8 heteroatoms. The van der Waals surface area contributed by atoms with Crippen molar-refractivity contribution >= 4 is 35.7 Å². The Morgan fingerprint density at radius 1 is 1.31 bits per heavy atom. The summed E-state index contributed by atoms with van der Waals surface area (Å²) in [6.45, 7) is 4.81. The zero-order valence-electron chi connectivity index (χ0n) is 15.6. The maximum atomic E-state index is 12.6. The van der Waals surface area contributed by atoms with Crippen molar-refractivity contribution in [1.29, 1.82) is 0 Å². The first-order valence-corrected chi connectivity index (χ1v) is 13.9. The Kier molecular flexibility index (Phi) is 5.07. The molecule has 0 radical (unpaired) electrons. The van der Waals surface area contributed by atoms with E-state index in [0.29, 0.717) is 17.0 Å². The second-order valence-corrected chi connectivity index (χ2v) is 14.5. The summed E-state index contributed by atoms with van der Waals surface area (Å²) < 4.78 is 6.93. The lowest BCUT2D eigenvalue weighted by Gasteiger charge is -2.21. The van der Waals surface area contributed by atoms with Crippen LogP contribution < -0.4 is 15.4 Å². The molecule has 0 spiro atoms. The summed E-state index contributed by atoms with van der Waals surface area (Å²) in [7, 11) is -1.14. The lowest BCUT2D eigenvalue weighted by molar-refractivity contribution is 0.0924. The number of aromatic nitrogens is 2. The van der Waals surface area contributed by atoms with Gasteiger partial charge in [-0.15, -0.1) is 0 Å². The summed E-state index contributed by atoms with van der Waals surface area (Å²) in [6, 6.07) is 3.21. The normalized spacial score (nSPS) is 23.8. The van der Waals surface area contributed by atoms with Crippen LogP contribution in [0.1, 0.15) is 49.0 Å². The molecule has 1 saturated heterocycles. The second kappa shape index (κ2) is 7.32. The van der Waals surface area contributed by atoms with Crippen LogP contribution in [-0.2, 0) is 0 Å². The van der Waals surface area contributed by atoms with Gasteiger partial charge in [0, 0.05) is 0 Å². The van der Waals surface area contributed by atoms with Crippen LogP contribution >= 0.6 is 11.3 Å². The molecule has 1 unspecified atom stereocenters. The van der Waals surface area contributed by atoms with E-state index >= 15 is 0 Å². The Bertz CT molecular complexity index is 750. The van der Waals surface area contributed by atoms with E-state index in [2.05, 4.69) is 33.7 Å². The van der Waals surface area contributed by atoms with Crippen molar-refractivity contribution in [3.8, 4) is 5.19 Å². The monoisotopic (exact) mass is 392 g/mol. The predicted octanol–water partition coefficient (Wildman–Crippen LogP) is 3.63. The van der Waals surface area contributed by atoms with Gasteiger partial charge >= 0.3 is 0 Å². The molecule has 1 aliphatic carbocycles. The van der Waals surface area contributed by atoms with Gasteiger partial charge in [0.2, 0.25) is 0 Å². The maximum absolute atomic E-state index is 12.6. The largest absolute Gasteiger partial charge is 0.467 e. The molecule has 3 heterocycles. The molecule has 2 aromatic heterocycles. The number of hydrogen-bond acceptors (Lipinski definition) is 5. The van der Waals surface area contributed by atoms with Gasteiger partial charge in [-0.2, -0.15) is 4.98 Å². The minimum Gasteiger partial charge on any atom is -0.467 e. The van der Waals surface area contributed by atoms with Gasteiger partial charge in [0.25, 0.3) is 11.1 Å². The Morgan fingerprint density at radius 2 is 2.12 bits per heavy atom. The molecule has 1 amide bonds. The van der Waals surface area contributed by atoms with E-state index in [-0.39, 0.29) is 12.1 Å². The number of rotatable bonds is 4. The van der Waals surface area contributed by atoms with Gasteiger partial charge in [-0.05, 0) is 44.3 Å². The van der Waals surface area contributed by atoms with Gasteiger partial charge in [0.15, 0.2) is 5.65 Å². The average molecular weight is 393 g/mol. The van der Waals surface area contributed by atoms with Crippen molar-refractivity contribution in [3.05, 3.63) is 11.8 Å². The van der Waals surface area contributed by atoms with Crippen molar-refractivity contribution < 1.29 is 9.53 Å². The Labute approximate surface area is 159 Å². The standard InChI is InChI=1S/C18H28N4O2SSi/c1-26(2)9-5-8-15(19-11-26)21-17(23)13-10-14-16(20-13)22-18(25-14)24-12-6-3-4-7-12/h10,12,15,19-20H,3-9,11H2,1-2H3,(H,21,23). The Balaban J connectivity index is 1.38. The lowest BCUT2D eigenvalue weighted by atomic mass is 10.2. The highest BCUT2D eigenvalue weighted by atomic mass is 32.1. The fourth-order valence-electron chi connectivity index (χ4n) is 3.85. The zero-order chi connectivity index (χ0) is 18.1. The first-order valence-electron chi connectivity index (χ1n) is 9.69. The molecular formula is C18H28N4O2SSi. The smallest absolute Gasteiger partial charge is 0.276 e. The molecule has 26 heavy (non-hydrogen) atoms. The number of nitrogens with zero attached hydrogens (tertiary/aromatic N) is 1. The molecule has 2 aromatic rings. The third-order valence-corrected chi connectivity index (χ3v) is 9.22. The SMILES string of the molecule is C[Si]1(C)CCCC(NC(=O)c2cc3sc(OC4CCCC4)nc3[nH]2)NC1. The Morgan fingerprint density at radius 3 is 2.88 bits per heavy atom. The molecule has 2 fully saturated rings. The van der Waals surface area contributed by atoms with Crippen molar-refractivity contribution in [2.45, 2.75) is 69.9 Å². The summed E-state index contributed by atoms with van der Waals surface area (Å²) in [5, 5.41) is 7.37. The van der Waals surface area contributed by atoms with E-state index in [1.807, 2.05) is 6.07 Å². The van der Waals surface area contributed by atoms with Gasteiger partial charge in [0.05, 0.1) is 18.9 Å². The van der Waals surface area contributed by atoms with E-state index in [9.17, 15) is 4.79 Å². The van der Waals surface area contributed by atoms with Crippen LogP contribution in [0.5, 0.6) is 5.19 Å². The maximum Gasteiger partial charge on any atom is 0.276 e. The van der Waals surface area contributed by atoms with Crippen molar-refractivity contribution in [2.24, 2.45) is 0 Å². The minimum atomic E-state index is -1.14. The van der Waals surface area contributed by atoms with Crippen molar-refractivity contribution in [3.63, 3.8) is 0 Å². The van der Waals surface area contributed by atoms with Crippen LogP contribution in [0.2, 0.25) is 19.1 Å². The molecule has 2 aliphatic rings. The molecule has 4 rings (SSSR count). The number of ether oxygens (including phenoxy) is 1. The van der Waals surface area contributed by atoms with Crippen LogP contribution in [0.3, 0.4) is 0 Å². The van der Waals surface area contributed by atoms with E-state index in [1.165, 1.54) is 36.6 Å². The zero-order valence-corrected chi connectivity index (χ0v) is 17.4. The minimum absolute atomic E-state index is 0.0623. The van der Waals surface area contributed by atoms with Gasteiger partial charge in [-0.1, -0.05) is 36.9 Å². The van der Waals surface area contributed by atoms with Crippen molar-refractivity contribution in [2.75, 3.05) is 6.17 Å². The quantitative estimate of drug-likeness (QED) is 0.694. The highest BCUT2D eigenvalue weighted by Crippen LogP contribution is 2.31. The van der Waals surface area contributed by atoms with Crippen molar-refractivity contribution in [1.82, 2.24) is 20.6 Å². The molecular weight excluding hydrogens is 364 g/mol. The molecule has 1 atom stereocenters. The number of nitrogens with one attached hydrogen (secondary N) is 3. The number of carbonyl (C=O) groups excluding carboxylic acids is 1. The van der Waals surface area contributed by atoms with Crippen LogP contribution in [0.25, 0.3) is 10.3 Å². The van der Waals surface area contributed by atoms with E-state index in [4.69, 9.17) is 4.74 Å². The topological polar surface area (TPSA) is 79.0 Å². The number of amides is 1. The second-order valence-electron chi connectivity index (χ2n) is 8.36. The van der Waals surface area contributed by atoms with E-state index < -0.39 is 8.07 Å². The van der Waals surface area contributed by atoms with Crippen LogP contribution in [-0.4, -0.2) is 42.4 Å². The van der Waals surface area contributed by atoms with Gasteiger partial charge in [-0.25, -0.2) is 0 Å². The summed E-state index contributed by atoms with van der Waals surface area (Å²) in [4.78, 5) is 20.3. The molecule has 1 aliphatic heterocycles. The highest BCUT2D eigenvalue weighted by molar-refractivity contribution is 7.20. The van der Waals surface area contributed by atoms with E-state index in [0.717, 1.165) is 35.8 Å². The highest BCUT2D eigenvalue weighted by Gasteiger charge is 2.27. The lowest BCUT2D eigenvalue weighted by Crippen LogP contribution is -2.49. The Hall–Kier alpha value is -1.38. The summed E-state index contributed by atoms with van der Waals surface area (Å²) >= 11 is 1.52. The van der Waals surface area contributed by atoms with Gasteiger partial charge in [-0.3, -0.25) is 4.79 Å². The van der Waals surface area contributed by atoms with Crippen LogP contribution in [0, 0.1) is 0 Å². The molecule has 0 bridgehead atoms. The molecule has 0 aromatic carbocycles.